The second kappa shape index (κ2) is 8.92. The highest BCUT2D eigenvalue weighted by atomic mass is 32.1. The number of nitrogens with zero attached hydrogens (tertiary/aromatic N) is 2. The normalized spacial score (nSPS) is 12.5. The topological polar surface area (TPSA) is 42.4 Å². The number of benzene rings is 3. The first-order chi connectivity index (χ1) is 16.1. The smallest absolute Gasteiger partial charge is 0.415 e. The number of thiocarbonyl (C=S) groups is 1. The molecule has 1 amide bonds. The van der Waals surface area contributed by atoms with E-state index in [1.54, 1.807) is 12.1 Å². The molecular weight excluding hydrogens is 435 g/mol. The zero-order valence-electron chi connectivity index (χ0n) is 17.6. The summed E-state index contributed by atoms with van der Waals surface area (Å²) in [6.45, 7) is 0.381. The van der Waals surface area contributed by atoms with E-state index in [0.717, 1.165) is 27.8 Å². The van der Waals surface area contributed by atoms with Crippen LogP contribution < -0.4 is 0 Å². The molecule has 1 aliphatic rings. The largest absolute Gasteiger partial charge is 0.444 e. The minimum absolute atomic E-state index is 0.162. The first-order valence-corrected chi connectivity index (χ1v) is 10.9. The molecule has 4 nitrogen and oxygen atoms in total. The second-order valence-corrected chi connectivity index (χ2v) is 8.07. The molecule has 33 heavy (non-hydrogen) atoms. The van der Waals surface area contributed by atoms with E-state index in [-0.39, 0.29) is 19.0 Å². The van der Waals surface area contributed by atoms with E-state index in [0.29, 0.717) is 16.4 Å². The van der Waals surface area contributed by atoms with Gasteiger partial charge in [-0.2, -0.15) is 0 Å². The number of aromatic nitrogens is 1. The van der Waals surface area contributed by atoms with Crippen molar-refractivity contribution in [3.05, 3.63) is 114 Å². The van der Waals surface area contributed by atoms with Crippen molar-refractivity contribution in [2.24, 2.45) is 0 Å². The fraction of sp³-hybridized carbons (Fsp3) is 0.0741. The van der Waals surface area contributed by atoms with Crippen LogP contribution in [-0.4, -0.2) is 21.0 Å². The molecule has 0 fully saturated rings. The van der Waals surface area contributed by atoms with Gasteiger partial charge in [0.25, 0.3) is 0 Å². The molecule has 6 heteroatoms. The second-order valence-electron chi connectivity index (χ2n) is 7.68. The number of hydrogen-bond donors (Lipinski definition) is 0. The zero-order valence-corrected chi connectivity index (χ0v) is 18.4. The predicted molar refractivity (Wildman–Crippen MR) is 129 cm³/mol. The van der Waals surface area contributed by atoms with Crippen LogP contribution in [0.5, 0.6) is 0 Å². The Hall–Kier alpha value is -3.90. The fourth-order valence-electron chi connectivity index (χ4n) is 3.87. The maximum Gasteiger partial charge on any atom is 0.415 e. The quantitative estimate of drug-likeness (QED) is 0.336. The van der Waals surface area contributed by atoms with E-state index in [1.807, 2.05) is 66.7 Å². The van der Waals surface area contributed by atoms with Gasteiger partial charge in [0.15, 0.2) is 0 Å². The Bertz CT molecular complexity index is 1330. The zero-order chi connectivity index (χ0) is 22.8. The molecule has 2 heterocycles. The molecule has 0 radical (unpaired) electrons. The molecule has 162 valence electrons. The minimum atomic E-state index is -0.510. The Balaban J connectivity index is 1.50. The Morgan fingerprint density at radius 3 is 2.30 bits per heavy atom. The van der Waals surface area contributed by atoms with Crippen LogP contribution >= 0.6 is 12.2 Å². The Labute approximate surface area is 196 Å². The van der Waals surface area contributed by atoms with Crippen molar-refractivity contribution in [3.63, 3.8) is 0 Å². The summed E-state index contributed by atoms with van der Waals surface area (Å²) in [5.41, 5.74) is 5.65. The number of halogens is 1. The predicted octanol–water partition coefficient (Wildman–Crippen LogP) is 6.38. The lowest BCUT2D eigenvalue weighted by molar-refractivity contribution is 0.116. The summed E-state index contributed by atoms with van der Waals surface area (Å²) in [5.74, 6) is -0.309. The van der Waals surface area contributed by atoms with Crippen molar-refractivity contribution in [1.29, 1.82) is 0 Å². The Morgan fingerprint density at radius 1 is 0.939 bits per heavy atom. The molecule has 0 aliphatic carbocycles. The molecular formula is C27H19FN2O2S. The monoisotopic (exact) mass is 454 g/mol. The van der Waals surface area contributed by atoms with Crippen LogP contribution in [0.3, 0.4) is 0 Å². The number of fused-ring (bicyclic) bond motifs is 1. The summed E-state index contributed by atoms with van der Waals surface area (Å²) in [6, 6.07) is 27.4. The molecule has 5 rings (SSSR count). The van der Waals surface area contributed by atoms with E-state index in [9.17, 15) is 9.18 Å². The van der Waals surface area contributed by atoms with Crippen molar-refractivity contribution < 1.29 is 13.9 Å². The third kappa shape index (κ3) is 4.25. The van der Waals surface area contributed by atoms with Crippen LogP contribution in [0.15, 0.2) is 91.0 Å². The number of amides is 1. The highest BCUT2D eigenvalue weighted by Gasteiger charge is 2.34. The van der Waals surface area contributed by atoms with Crippen molar-refractivity contribution >= 4 is 23.3 Å². The van der Waals surface area contributed by atoms with E-state index >= 15 is 0 Å². The maximum absolute atomic E-state index is 13.5. The maximum atomic E-state index is 13.5. The number of pyridine rings is 1. The summed E-state index contributed by atoms with van der Waals surface area (Å²) in [5, 5.41) is 0. The number of carbonyl (C=O) groups is 1. The number of carbonyl (C=O) groups excluding carboxylic acids is 1. The summed E-state index contributed by atoms with van der Waals surface area (Å²) < 4.78 is 19.0. The highest BCUT2D eigenvalue weighted by Crippen LogP contribution is 2.36. The lowest BCUT2D eigenvalue weighted by atomic mass is 9.97. The Kier molecular flexibility index (Phi) is 5.67. The van der Waals surface area contributed by atoms with Gasteiger partial charge in [-0.25, -0.2) is 9.18 Å². The SMILES string of the molecule is O=C(OCc1ccccc1)N1Cc2nc(-c3ccc(F)cc3)cc(-c3ccccc3)c2C1=S. The third-order valence-corrected chi connectivity index (χ3v) is 5.94. The van der Waals surface area contributed by atoms with Crippen LogP contribution in [-0.2, 0) is 17.9 Å². The molecule has 4 aromatic rings. The number of ether oxygens (including phenoxy) is 1. The summed E-state index contributed by atoms with van der Waals surface area (Å²) in [7, 11) is 0. The molecule has 3 aromatic carbocycles. The van der Waals surface area contributed by atoms with E-state index in [1.165, 1.54) is 17.0 Å². The average Bonchev–Trinajstić information content (AvgIpc) is 3.20. The van der Waals surface area contributed by atoms with Gasteiger partial charge in [0, 0.05) is 11.1 Å². The van der Waals surface area contributed by atoms with Gasteiger partial charge in [0.1, 0.15) is 17.4 Å². The minimum Gasteiger partial charge on any atom is -0.444 e. The van der Waals surface area contributed by atoms with Gasteiger partial charge in [-0.15, -0.1) is 0 Å². The number of rotatable bonds is 4. The summed E-state index contributed by atoms with van der Waals surface area (Å²) in [4.78, 5) is 19.5. The molecule has 0 saturated heterocycles. The van der Waals surface area contributed by atoms with Gasteiger partial charge in [-0.1, -0.05) is 72.9 Å². The van der Waals surface area contributed by atoms with Gasteiger partial charge in [-0.3, -0.25) is 9.88 Å². The van der Waals surface area contributed by atoms with Gasteiger partial charge >= 0.3 is 6.09 Å². The molecule has 1 aromatic heterocycles. The van der Waals surface area contributed by atoms with Crippen LogP contribution in [0.25, 0.3) is 22.4 Å². The molecule has 0 N–H and O–H groups in total. The van der Waals surface area contributed by atoms with Gasteiger partial charge < -0.3 is 4.74 Å². The van der Waals surface area contributed by atoms with Crippen LogP contribution in [0.2, 0.25) is 0 Å². The molecule has 0 bridgehead atoms. The van der Waals surface area contributed by atoms with Gasteiger partial charge in [-0.05, 0) is 47.0 Å². The Morgan fingerprint density at radius 2 is 1.61 bits per heavy atom. The molecule has 0 atom stereocenters. The summed E-state index contributed by atoms with van der Waals surface area (Å²) >= 11 is 5.70. The number of hydrogen-bond acceptors (Lipinski definition) is 4. The molecule has 0 spiro atoms. The van der Waals surface area contributed by atoms with Crippen molar-refractivity contribution in [2.75, 3.05) is 0 Å². The fourth-order valence-corrected chi connectivity index (χ4v) is 4.23. The van der Waals surface area contributed by atoms with E-state index in [4.69, 9.17) is 21.9 Å². The van der Waals surface area contributed by atoms with Crippen LogP contribution in [0.1, 0.15) is 16.8 Å². The van der Waals surface area contributed by atoms with Gasteiger partial charge in [0.05, 0.1) is 17.9 Å². The van der Waals surface area contributed by atoms with Crippen molar-refractivity contribution in [1.82, 2.24) is 9.88 Å². The lowest BCUT2D eigenvalue weighted by Crippen LogP contribution is -2.31. The van der Waals surface area contributed by atoms with E-state index in [2.05, 4.69) is 0 Å². The van der Waals surface area contributed by atoms with Crippen LogP contribution in [0, 0.1) is 5.82 Å². The first-order valence-electron chi connectivity index (χ1n) is 10.5. The molecule has 0 saturated carbocycles. The lowest BCUT2D eigenvalue weighted by Gasteiger charge is -2.16. The molecule has 1 aliphatic heterocycles. The standard InChI is InChI=1S/C27H19FN2O2S/c28-21-13-11-20(12-14-21)23-15-22(19-9-5-2-6-10-19)25-24(29-23)16-30(26(25)33)27(31)32-17-18-7-3-1-4-8-18/h1-15H,16-17H2. The van der Waals surface area contributed by atoms with Gasteiger partial charge in [0.2, 0.25) is 0 Å². The first kappa shape index (κ1) is 21.0. The summed E-state index contributed by atoms with van der Waals surface area (Å²) in [6.07, 6.45) is -0.510. The third-order valence-electron chi connectivity index (χ3n) is 5.51. The highest BCUT2D eigenvalue weighted by molar-refractivity contribution is 7.80. The van der Waals surface area contributed by atoms with Crippen LogP contribution in [0.4, 0.5) is 9.18 Å². The molecule has 0 unspecified atom stereocenters. The van der Waals surface area contributed by atoms with Crippen molar-refractivity contribution in [3.8, 4) is 22.4 Å². The average molecular weight is 455 g/mol. The van der Waals surface area contributed by atoms with E-state index < -0.39 is 6.09 Å². The van der Waals surface area contributed by atoms with Crippen molar-refractivity contribution in [2.45, 2.75) is 13.2 Å².